The molecule has 0 saturated carbocycles. The lowest BCUT2D eigenvalue weighted by Crippen LogP contribution is -2.33. The van der Waals surface area contributed by atoms with Gasteiger partial charge in [-0.15, -0.1) is 0 Å². The minimum atomic E-state index is -0.394. The van der Waals surface area contributed by atoms with E-state index in [9.17, 15) is 4.79 Å². The summed E-state index contributed by atoms with van der Waals surface area (Å²) in [7, 11) is 0. The van der Waals surface area contributed by atoms with E-state index in [0.717, 1.165) is 12.8 Å². The number of hydrogen-bond donors (Lipinski definition) is 0. The molecule has 0 aliphatic carbocycles. The van der Waals surface area contributed by atoms with E-state index in [1.54, 1.807) is 6.08 Å². The highest BCUT2D eigenvalue weighted by Crippen LogP contribution is 2.25. The molecule has 1 rings (SSSR count). The fraction of sp³-hybridized carbons (Fsp3) is 0.625. The number of cyclic esters (lactones) is 1. The van der Waals surface area contributed by atoms with Crippen molar-refractivity contribution in [3.8, 4) is 0 Å². The number of carbonyl (C=O) groups is 1. The van der Waals surface area contributed by atoms with Gasteiger partial charge in [-0.1, -0.05) is 6.58 Å². The number of hydrogen-bond acceptors (Lipinski definition) is 2. The van der Waals surface area contributed by atoms with Gasteiger partial charge in [-0.25, -0.2) is 0 Å². The highest BCUT2D eigenvalue weighted by molar-refractivity contribution is 5.70. The summed E-state index contributed by atoms with van der Waals surface area (Å²) in [6.07, 6.45) is 4.08. The van der Waals surface area contributed by atoms with E-state index < -0.39 is 5.60 Å². The van der Waals surface area contributed by atoms with E-state index in [2.05, 4.69) is 6.58 Å². The van der Waals surface area contributed by atoms with E-state index in [4.69, 9.17) is 4.74 Å². The molecule has 0 N–H and O–H groups in total. The van der Waals surface area contributed by atoms with Gasteiger partial charge in [0.1, 0.15) is 5.60 Å². The third-order valence-corrected chi connectivity index (χ3v) is 1.83. The summed E-state index contributed by atoms with van der Waals surface area (Å²) in [6, 6.07) is 0. The van der Waals surface area contributed by atoms with Gasteiger partial charge < -0.3 is 4.74 Å². The standard InChI is InChI=1S/C8H12O2/c1-3-8(2)6-4-5-7(9)10-8/h3H,1,4-6H2,2H3/t8-/m1/s1. The average molecular weight is 140 g/mol. The predicted octanol–water partition coefficient (Wildman–Crippen LogP) is 1.66. The van der Waals surface area contributed by atoms with Crippen LogP contribution in [0.3, 0.4) is 0 Å². The monoisotopic (exact) mass is 140 g/mol. The Morgan fingerprint density at radius 2 is 2.50 bits per heavy atom. The van der Waals surface area contributed by atoms with Crippen LogP contribution >= 0.6 is 0 Å². The molecular formula is C8H12O2. The molecule has 2 heteroatoms. The zero-order chi connectivity index (χ0) is 7.61. The van der Waals surface area contributed by atoms with Gasteiger partial charge in [-0.2, -0.15) is 0 Å². The molecule has 2 nitrogen and oxygen atoms in total. The van der Waals surface area contributed by atoms with Crippen molar-refractivity contribution in [1.82, 2.24) is 0 Å². The molecule has 1 saturated heterocycles. The Kier molecular flexibility index (Phi) is 1.79. The Morgan fingerprint density at radius 3 is 2.90 bits per heavy atom. The summed E-state index contributed by atoms with van der Waals surface area (Å²) >= 11 is 0. The van der Waals surface area contributed by atoms with Crippen molar-refractivity contribution in [3.05, 3.63) is 12.7 Å². The lowest BCUT2D eigenvalue weighted by molar-refractivity contribution is -0.159. The van der Waals surface area contributed by atoms with Crippen LogP contribution in [0.5, 0.6) is 0 Å². The maximum absolute atomic E-state index is 10.8. The molecule has 56 valence electrons. The fourth-order valence-electron chi connectivity index (χ4n) is 1.09. The summed E-state index contributed by atoms with van der Waals surface area (Å²) in [5.41, 5.74) is -0.394. The number of carbonyl (C=O) groups excluding carboxylic acids is 1. The first-order valence-corrected chi connectivity index (χ1v) is 3.52. The minimum absolute atomic E-state index is 0.103. The molecule has 0 amide bonds. The Hall–Kier alpha value is -0.790. The highest BCUT2D eigenvalue weighted by Gasteiger charge is 2.28. The third kappa shape index (κ3) is 1.38. The molecule has 10 heavy (non-hydrogen) atoms. The van der Waals surface area contributed by atoms with Crippen LogP contribution in [0, 0.1) is 0 Å². The Bertz CT molecular complexity index is 163. The summed E-state index contributed by atoms with van der Waals surface area (Å²) in [6.45, 7) is 5.50. The van der Waals surface area contributed by atoms with E-state index in [1.165, 1.54) is 0 Å². The van der Waals surface area contributed by atoms with Crippen LogP contribution in [-0.2, 0) is 9.53 Å². The van der Waals surface area contributed by atoms with E-state index in [1.807, 2.05) is 6.92 Å². The first-order valence-electron chi connectivity index (χ1n) is 3.52. The normalized spacial score (nSPS) is 33.1. The fourth-order valence-corrected chi connectivity index (χ4v) is 1.09. The molecule has 1 fully saturated rings. The maximum atomic E-state index is 10.8. The zero-order valence-electron chi connectivity index (χ0n) is 6.22. The Labute approximate surface area is 60.9 Å². The van der Waals surface area contributed by atoms with Crippen LogP contribution in [0.25, 0.3) is 0 Å². The summed E-state index contributed by atoms with van der Waals surface area (Å²) < 4.78 is 5.07. The summed E-state index contributed by atoms with van der Waals surface area (Å²) in [4.78, 5) is 10.8. The molecule has 0 unspecified atom stereocenters. The second-order valence-electron chi connectivity index (χ2n) is 2.84. The van der Waals surface area contributed by atoms with Gasteiger partial charge in [0, 0.05) is 6.42 Å². The Morgan fingerprint density at radius 1 is 1.80 bits per heavy atom. The molecule has 1 aliphatic heterocycles. The van der Waals surface area contributed by atoms with Gasteiger partial charge in [-0.3, -0.25) is 4.79 Å². The molecule has 1 atom stereocenters. The third-order valence-electron chi connectivity index (χ3n) is 1.83. The largest absolute Gasteiger partial charge is 0.455 e. The number of esters is 1. The molecule has 0 aromatic carbocycles. The van der Waals surface area contributed by atoms with Crippen LogP contribution in [0.4, 0.5) is 0 Å². The lowest BCUT2D eigenvalue weighted by atomic mass is 9.96. The molecule has 0 aromatic rings. The van der Waals surface area contributed by atoms with Gasteiger partial charge in [-0.05, 0) is 25.8 Å². The summed E-state index contributed by atoms with van der Waals surface area (Å²) in [5.74, 6) is -0.103. The smallest absolute Gasteiger partial charge is 0.306 e. The first kappa shape index (κ1) is 7.32. The van der Waals surface area contributed by atoms with E-state index in [-0.39, 0.29) is 5.97 Å². The van der Waals surface area contributed by atoms with Gasteiger partial charge in [0.25, 0.3) is 0 Å². The number of ether oxygens (including phenoxy) is 1. The highest BCUT2D eigenvalue weighted by atomic mass is 16.6. The molecule has 0 aromatic heterocycles. The quantitative estimate of drug-likeness (QED) is 0.409. The van der Waals surface area contributed by atoms with Crippen LogP contribution in [-0.4, -0.2) is 11.6 Å². The van der Waals surface area contributed by atoms with Gasteiger partial charge in [0.05, 0.1) is 0 Å². The van der Waals surface area contributed by atoms with E-state index in [0.29, 0.717) is 6.42 Å². The summed E-state index contributed by atoms with van der Waals surface area (Å²) in [5, 5.41) is 0. The zero-order valence-corrected chi connectivity index (χ0v) is 6.22. The van der Waals surface area contributed by atoms with Gasteiger partial charge in [0.2, 0.25) is 0 Å². The molecule has 0 bridgehead atoms. The van der Waals surface area contributed by atoms with Crippen molar-refractivity contribution in [2.24, 2.45) is 0 Å². The van der Waals surface area contributed by atoms with Gasteiger partial charge in [0.15, 0.2) is 0 Å². The lowest BCUT2D eigenvalue weighted by Gasteiger charge is -2.29. The minimum Gasteiger partial charge on any atom is -0.455 e. The Balaban J connectivity index is 2.61. The maximum Gasteiger partial charge on any atom is 0.306 e. The van der Waals surface area contributed by atoms with Crippen LogP contribution in [0.1, 0.15) is 26.2 Å². The van der Waals surface area contributed by atoms with Crippen molar-refractivity contribution < 1.29 is 9.53 Å². The predicted molar refractivity (Wildman–Crippen MR) is 38.5 cm³/mol. The second-order valence-corrected chi connectivity index (χ2v) is 2.84. The molecular weight excluding hydrogens is 128 g/mol. The van der Waals surface area contributed by atoms with Crippen molar-refractivity contribution in [1.29, 1.82) is 0 Å². The molecule has 0 spiro atoms. The second kappa shape index (κ2) is 2.45. The van der Waals surface area contributed by atoms with Crippen molar-refractivity contribution in [3.63, 3.8) is 0 Å². The molecule has 1 aliphatic rings. The van der Waals surface area contributed by atoms with Crippen LogP contribution in [0.15, 0.2) is 12.7 Å². The van der Waals surface area contributed by atoms with Crippen molar-refractivity contribution in [2.75, 3.05) is 0 Å². The number of rotatable bonds is 1. The molecule has 0 radical (unpaired) electrons. The van der Waals surface area contributed by atoms with Crippen LogP contribution in [0.2, 0.25) is 0 Å². The van der Waals surface area contributed by atoms with E-state index >= 15 is 0 Å². The molecule has 1 heterocycles. The topological polar surface area (TPSA) is 26.3 Å². The average Bonchev–Trinajstić information content (AvgIpc) is 1.88. The van der Waals surface area contributed by atoms with Crippen molar-refractivity contribution in [2.45, 2.75) is 31.8 Å². The van der Waals surface area contributed by atoms with Crippen LogP contribution < -0.4 is 0 Å². The van der Waals surface area contributed by atoms with Gasteiger partial charge >= 0.3 is 5.97 Å². The van der Waals surface area contributed by atoms with Crippen molar-refractivity contribution >= 4 is 5.97 Å². The SMILES string of the molecule is C=C[C@]1(C)CCCC(=O)O1. The first-order chi connectivity index (χ1) is 4.66.